The fourth-order valence-corrected chi connectivity index (χ4v) is 5.25. The predicted octanol–water partition coefficient (Wildman–Crippen LogP) is 6.36. The number of amides is 1. The van der Waals surface area contributed by atoms with Crippen molar-refractivity contribution in [1.29, 1.82) is 0 Å². The molecule has 2 heterocycles. The molecule has 11 heteroatoms. The standard InChI is InChI=1S/C27H19Cl2N5O3S/c1-16-12-13-30-27(31-16)34-38(36,37)19-9-7-18(8-10-19)32-26(35)22-15-25(21-11-6-17(28)14-23(21)29)33-24-5-3-2-4-20(22)24/h2-15H,1H3,(H,32,35)(H,30,31,34). The van der Waals surface area contributed by atoms with Gasteiger partial charge in [0.15, 0.2) is 0 Å². The molecule has 38 heavy (non-hydrogen) atoms. The lowest BCUT2D eigenvalue weighted by atomic mass is 10.0. The van der Waals surface area contributed by atoms with Gasteiger partial charge in [-0.15, -0.1) is 0 Å². The Morgan fingerprint density at radius 2 is 1.66 bits per heavy atom. The maximum Gasteiger partial charge on any atom is 0.264 e. The third kappa shape index (κ3) is 5.45. The van der Waals surface area contributed by atoms with Gasteiger partial charge in [-0.2, -0.15) is 0 Å². The summed E-state index contributed by atoms with van der Waals surface area (Å²) < 4.78 is 27.8. The van der Waals surface area contributed by atoms with Gasteiger partial charge in [0.05, 0.1) is 26.7 Å². The van der Waals surface area contributed by atoms with E-state index in [-0.39, 0.29) is 10.8 Å². The van der Waals surface area contributed by atoms with Crippen LogP contribution < -0.4 is 10.0 Å². The first kappa shape index (κ1) is 25.6. The van der Waals surface area contributed by atoms with Gasteiger partial charge in [-0.05, 0) is 67.6 Å². The molecule has 5 rings (SSSR count). The molecule has 0 bridgehead atoms. The van der Waals surface area contributed by atoms with Crippen LogP contribution in [-0.4, -0.2) is 29.3 Å². The second kappa shape index (κ2) is 10.4. The molecule has 0 unspecified atom stereocenters. The monoisotopic (exact) mass is 563 g/mol. The van der Waals surface area contributed by atoms with Gasteiger partial charge in [0, 0.05) is 33.6 Å². The van der Waals surface area contributed by atoms with Gasteiger partial charge < -0.3 is 5.32 Å². The molecule has 2 aromatic heterocycles. The average Bonchev–Trinajstić information content (AvgIpc) is 2.88. The molecule has 190 valence electrons. The highest BCUT2D eigenvalue weighted by Gasteiger charge is 2.18. The Balaban J connectivity index is 1.43. The molecule has 0 spiro atoms. The van der Waals surface area contributed by atoms with E-state index in [1.165, 1.54) is 30.5 Å². The summed E-state index contributed by atoms with van der Waals surface area (Å²) in [6.07, 6.45) is 1.47. The molecule has 0 saturated carbocycles. The molecule has 0 radical (unpaired) electrons. The van der Waals surface area contributed by atoms with Crippen LogP contribution >= 0.6 is 23.2 Å². The van der Waals surface area contributed by atoms with Crippen molar-refractivity contribution in [3.8, 4) is 11.3 Å². The largest absolute Gasteiger partial charge is 0.322 e. The second-order valence-electron chi connectivity index (χ2n) is 8.30. The van der Waals surface area contributed by atoms with Crippen LogP contribution in [0, 0.1) is 6.92 Å². The minimum absolute atomic E-state index is 0.00497. The average molecular weight is 564 g/mol. The van der Waals surface area contributed by atoms with E-state index in [1.807, 2.05) is 18.2 Å². The third-order valence-corrected chi connectivity index (χ3v) is 7.50. The number of carbonyl (C=O) groups excluding carboxylic acids is 1. The minimum Gasteiger partial charge on any atom is -0.322 e. The number of aryl methyl sites for hydroxylation is 1. The van der Waals surface area contributed by atoms with Crippen LogP contribution in [-0.2, 0) is 10.0 Å². The molecule has 3 aromatic carbocycles. The maximum absolute atomic E-state index is 13.4. The van der Waals surface area contributed by atoms with Gasteiger partial charge in [-0.3, -0.25) is 4.79 Å². The number of nitrogens with zero attached hydrogens (tertiary/aromatic N) is 3. The van der Waals surface area contributed by atoms with E-state index in [2.05, 4.69) is 25.0 Å². The highest BCUT2D eigenvalue weighted by Crippen LogP contribution is 2.32. The second-order valence-corrected chi connectivity index (χ2v) is 10.8. The van der Waals surface area contributed by atoms with Gasteiger partial charge in [0.2, 0.25) is 5.95 Å². The van der Waals surface area contributed by atoms with Crippen LogP contribution in [0.5, 0.6) is 0 Å². The summed E-state index contributed by atoms with van der Waals surface area (Å²) in [4.78, 5) is 26.0. The number of benzene rings is 3. The van der Waals surface area contributed by atoms with Crippen molar-refractivity contribution >= 4 is 61.7 Å². The lowest BCUT2D eigenvalue weighted by molar-refractivity contribution is 0.102. The Labute approximate surface area is 228 Å². The molecule has 0 aliphatic heterocycles. The van der Waals surface area contributed by atoms with Crippen molar-refractivity contribution in [3.05, 3.63) is 106 Å². The fraction of sp³-hybridized carbons (Fsp3) is 0.0370. The van der Waals surface area contributed by atoms with Crippen LogP contribution in [0.25, 0.3) is 22.2 Å². The van der Waals surface area contributed by atoms with Crippen molar-refractivity contribution in [1.82, 2.24) is 15.0 Å². The van der Waals surface area contributed by atoms with Crippen molar-refractivity contribution < 1.29 is 13.2 Å². The van der Waals surface area contributed by atoms with Crippen molar-refractivity contribution in [3.63, 3.8) is 0 Å². The Morgan fingerprint density at radius 3 is 2.39 bits per heavy atom. The summed E-state index contributed by atoms with van der Waals surface area (Å²) in [6, 6.07) is 21.4. The number of anilines is 2. The van der Waals surface area contributed by atoms with Crippen LogP contribution in [0.15, 0.2) is 90.0 Å². The molecule has 8 nitrogen and oxygen atoms in total. The zero-order valence-corrected chi connectivity index (χ0v) is 22.1. The van der Waals surface area contributed by atoms with E-state index in [0.29, 0.717) is 49.2 Å². The van der Waals surface area contributed by atoms with Crippen molar-refractivity contribution in [2.45, 2.75) is 11.8 Å². The molecular formula is C27H19Cl2N5O3S. The topological polar surface area (TPSA) is 114 Å². The smallest absolute Gasteiger partial charge is 0.264 e. The van der Waals surface area contributed by atoms with Gasteiger partial charge in [-0.1, -0.05) is 41.4 Å². The fourth-order valence-electron chi connectivity index (χ4n) is 3.79. The normalized spacial score (nSPS) is 11.3. The number of hydrogen-bond acceptors (Lipinski definition) is 6. The predicted molar refractivity (Wildman–Crippen MR) is 149 cm³/mol. The lowest BCUT2D eigenvalue weighted by Gasteiger charge is -2.12. The number of pyridine rings is 1. The summed E-state index contributed by atoms with van der Waals surface area (Å²) in [6.45, 7) is 1.73. The van der Waals surface area contributed by atoms with Crippen LogP contribution in [0.1, 0.15) is 16.1 Å². The molecular weight excluding hydrogens is 545 g/mol. The molecule has 2 N–H and O–H groups in total. The number of hydrogen-bond donors (Lipinski definition) is 2. The van der Waals surface area contributed by atoms with E-state index < -0.39 is 15.9 Å². The highest BCUT2D eigenvalue weighted by molar-refractivity contribution is 7.92. The van der Waals surface area contributed by atoms with E-state index in [9.17, 15) is 13.2 Å². The molecule has 0 aliphatic carbocycles. The molecule has 1 amide bonds. The van der Waals surface area contributed by atoms with Gasteiger partial charge >= 0.3 is 0 Å². The molecule has 5 aromatic rings. The summed E-state index contributed by atoms with van der Waals surface area (Å²) in [5.74, 6) is -0.416. The number of fused-ring (bicyclic) bond motifs is 1. The number of para-hydroxylation sites is 1. The number of rotatable bonds is 6. The lowest BCUT2D eigenvalue weighted by Crippen LogP contribution is -2.16. The van der Waals surface area contributed by atoms with E-state index in [4.69, 9.17) is 23.2 Å². The molecule has 0 aliphatic rings. The number of aromatic nitrogens is 3. The summed E-state index contributed by atoms with van der Waals surface area (Å²) in [5, 5.41) is 4.38. The van der Waals surface area contributed by atoms with E-state index in [0.717, 1.165) is 0 Å². The SMILES string of the molecule is Cc1ccnc(NS(=O)(=O)c2ccc(NC(=O)c3cc(-c4ccc(Cl)cc4Cl)nc4ccccc34)cc2)n1. The number of sulfonamides is 1. The minimum atomic E-state index is -3.92. The number of carbonyl (C=O) groups is 1. The maximum atomic E-state index is 13.4. The number of halogens is 2. The zero-order valence-electron chi connectivity index (χ0n) is 19.8. The number of nitrogens with one attached hydrogen (secondary N) is 2. The third-order valence-electron chi connectivity index (χ3n) is 5.61. The Morgan fingerprint density at radius 1 is 0.895 bits per heavy atom. The Kier molecular flexibility index (Phi) is 6.98. The van der Waals surface area contributed by atoms with Gasteiger partial charge in [0.1, 0.15) is 0 Å². The van der Waals surface area contributed by atoms with Crippen molar-refractivity contribution in [2.24, 2.45) is 0 Å². The quantitative estimate of drug-likeness (QED) is 0.248. The Bertz CT molecular complexity index is 1800. The van der Waals surface area contributed by atoms with Gasteiger partial charge in [0.25, 0.3) is 15.9 Å². The summed E-state index contributed by atoms with van der Waals surface area (Å²) >= 11 is 12.4. The molecule has 0 saturated heterocycles. The van der Waals surface area contributed by atoms with Crippen LogP contribution in [0.3, 0.4) is 0 Å². The van der Waals surface area contributed by atoms with E-state index >= 15 is 0 Å². The highest BCUT2D eigenvalue weighted by atomic mass is 35.5. The first-order valence-corrected chi connectivity index (χ1v) is 13.5. The molecule has 0 atom stereocenters. The Hall–Kier alpha value is -4.05. The summed E-state index contributed by atoms with van der Waals surface area (Å²) in [7, 11) is -3.92. The van der Waals surface area contributed by atoms with Crippen molar-refractivity contribution in [2.75, 3.05) is 10.0 Å². The summed E-state index contributed by atoms with van der Waals surface area (Å²) in [5.41, 5.74) is 3.18. The van der Waals surface area contributed by atoms with Gasteiger partial charge in [-0.25, -0.2) is 28.1 Å². The zero-order chi connectivity index (χ0) is 26.9. The first-order valence-electron chi connectivity index (χ1n) is 11.3. The molecule has 0 fully saturated rings. The van der Waals surface area contributed by atoms with Crippen LogP contribution in [0.4, 0.5) is 11.6 Å². The first-order chi connectivity index (χ1) is 18.2. The van der Waals surface area contributed by atoms with E-state index in [1.54, 1.807) is 43.3 Å². The van der Waals surface area contributed by atoms with Crippen LogP contribution in [0.2, 0.25) is 10.0 Å².